The normalized spacial score (nSPS) is 21.9. The lowest BCUT2D eigenvalue weighted by atomic mass is 9.85. The molecule has 70 valence electrons. The van der Waals surface area contributed by atoms with Crippen molar-refractivity contribution in [3.8, 4) is 0 Å². The summed E-state index contributed by atoms with van der Waals surface area (Å²) in [6.07, 6.45) is 8.20. The molecule has 12 heavy (non-hydrogen) atoms. The predicted octanol–water partition coefficient (Wildman–Crippen LogP) is 2.89. The number of aliphatic hydroxyl groups is 1. The van der Waals surface area contributed by atoms with Crippen molar-refractivity contribution >= 4 is 0 Å². The Labute approximate surface area is 75.5 Å². The zero-order chi connectivity index (χ0) is 8.97. The second-order valence-electron chi connectivity index (χ2n) is 4.13. The molecule has 1 nitrogen and oxygen atoms in total. The molecule has 1 saturated carbocycles. The van der Waals surface area contributed by atoms with Crippen molar-refractivity contribution in [1.29, 1.82) is 0 Å². The van der Waals surface area contributed by atoms with Gasteiger partial charge < -0.3 is 5.11 Å². The monoisotopic (exact) mass is 168 g/mol. The summed E-state index contributed by atoms with van der Waals surface area (Å²) in [6.45, 7) is 4.10. The van der Waals surface area contributed by atoms with Crippen LogP contribution in [0.2, 0.25) is 0 Å². The Kier molecular flexibility index (Phi) is 3.80. The van der Waals surface area contributed by atoms with E-state index in [1.807, 2.05) is 19.9 Å². The van der Waals surface area contributed by atoms with E-state index in [1.54, 1.807) is 0 Å². The summed E-state index contributed by atoms with van der Waals surface area (Å²) in [5.41, 5.74) is 1.23. The van der Waals surface area contributed by atoms with Crippen molar-refractivity contribution in [2.45, 2.75) is 52.1 Å². The van der Waals surface area contributed by atoms with E-state index in [0.717, 1.165) is 0 Å². The van der Waals surface area contributed by atoms with Gasteiger partial charge >= 0.3 is 0 Å². The molecule has 1 aliphatic rings. The van der Waals surface area contributed by atoms with Crippen molar-refractivity contribution in [3.63, 3.8) is 0 Å². The number of hydrogen-bond acceptors (Lipinski definition) is 1. The summed E-state index contributed by atoms with van der Waals surface area (Å²) in [7, 11) is 0. The summed E-state index contributed by atoms with van der Waals surface area (Å²) < 4.78 is 0. The zero-order valence-electron chi connectivity index (χ0n) is 8.21. The zero-order valence-corrected chi connectivity index (χ0v) is 8.21. The molecule has 0 aromatic rings. The van der Waals surface area contributed by atoms with Gasteiger partial charge in [0.25, 0.3) is 0 Å². The first-order chi connectivity index (χ1) is 5.70. The van der Waals surface area contributed by atoms with Crippen LogP contribution >= 0.6 is 0 Å². The Balaban J connectivity index is 2.39. The molecule has 0 unspecified atom stereocenters. The summed E-state index contributed by atoms with van der Waals surface area (Å²) in [4.78, 5) is 0. The van der Waals surface area contributed by atoms with Crippen LogP contribution in [0.3, 0.4) is 0 Å². The van der Waals surface area contributed by atoms with Gasteiger partial charge in [-0.3, -0.25) is 0 Å². The Morgan fingerprint density at radius 1 is 1.25 bits per heavy atom. The summed E-state index contributed by atoms with van der Waals surface area (Å²) in [5, 5.41) is 9.77. The van der Waals surface area contributed by atoms with Crippen molar-refractivity contribution in [2.24, 2.45) is 5.92 Å². The van der Waals surface area contributed by atoms with Gasteiger partial charge in [-0.05, 0) is 32.6 Å². The van der Waals surface area contributed by atoms with Crippen molar-refractivity contribution in [1.82, 2.24) is 0 Å². The molecule has 1 aliphatic carbocycles. The van der Waals surface area contributed by atoms with Crippen LogP contribution in [0.5, 0.6) is 0 Å². The van der Waals surface area contributed by atoms with Gasteiger partial charge in [-0.2, -0.15) is 0 Å². The van der Waals surface area contributed by atoms with E-state index in [1.165, 1.54) is 37.7 Å². The molecule has 1 rings (SSSR count). The average Bonchev–Trinajstić information content (AvgIpc) is 2.05. The van der Waals surface area contributed by atoms with Crippen LogP contribution in [0.15, 0.2) is 11.6 Å². The molecule has 0 aromatic heterocycles. The lowest BCUT2D eigenvalue weighted by Gasteiger charge is -2.24. The maximum Gasteiger partial charge on any atom is 0.0751 e. The Morgan fingerprint density at radius 2 is 1.83 bits per heavy atom. The maximum absolute atomic E-state index is 9.77. The molecule has 1 heteroatoms. The Bertz CT molecular complexity index is 150. The van der Waals surface area contributed by atoms with Gasteiger partial charge in [-0.25, -0.2) is 0 Å². The van der Waals surface area contributed by atoms with Crippen LogP contribution in [-0.4, -0.2) is 11.2 Å². The molecule has 0 heterocycles. The molecule has 1 fully saturated rings. The summed E-state index contributed by atoms with van der Waals surface area (Å²) in [5.74, 6) is 0.536. The van der Waals surface area contributed by atoms with E-state index >= 15 is 0 Å². The molecule has 0 radical (unpaired) electrons. The molecule has 0 aromatic carbocycles. The lowest BCUT2D eigenvalue weighted by Crippen LogP contribution is -2.20. The first-order valence-corrected chi connectivity index (χ1v) is 5.03. The SMILES string of the molecule is CC(C)=C[C@@H](O)C1CCCCC1. The highest BCUT2D eigenvalue weighted by Crippen LogP contribution is 2.27. The van der Waals surface area contributed by atoms with Crippen LogP contribution in [0.4, 0.5) is 0 Å². The van der Waals surface area contributed by atoms with Crippen LogP contribution in [0.25, 0.3) is 0 Å². The fourth-order valence-corrected chi connectivity index (χ4v) is 1.95. The minimum atomic E-state index is -0.185. The maximum atomic E-state index is 9.77. The second kappa shape index (κ2) is 4.66. The van der Waals surface area contributed by atoms with E-state index in [2.05, 4.69) is 0 Å². The number of hydrogen-bond donors (Lipinski definition) is 1. The smallest absolute Gasteiger partial charge is 0.0751 e. The van der Waals surface area contributed by atoms with Crippen molar-refractivity contribution in [2.75, 3.05) is 0 Å². The molecule has 1 atom stereocenters. The van der Waals surface area contributed by atoms with Gasteiger partial charge in [0, 0.05) is 0 Å². The predicted molar refractivity (Wildman–Crippen MR) is 52.0 cm³/mol. The molecule has 0 saturated heterocycles. The second-order valence-corrected chi connectivity index (χ2v) is 4.13. The van der Waals surface area contributed by atoms with Gasteiger partial charge in [-0.15, -0.1) is 0 Å². The molecule has 1 N–H and O–H groups in total. The van der Waals surface area contributed by atoms with Crippen molar-refractivity contribution < 1.29 is 5.11 Å². The molecular formula is C11H20O. The molecule has 0 amide bonds. The lowest BCUT2D eigenvalue weighted by molar-refractivity contribution is 0.124. The van der Waals surface area contributed by atoms with Crippen LogP contribution in [0.1, 0.15) is 46.0 Å². The standard InChI is InChI=1S/C11H20O/c1-9(2)8-11(12)10-6-4-3-5-7-10/h8,10-12H,3-7H2,1-2H3/t11-/m1/s1. The molecule has 0 aliphatic heterocycles. The summed E-state index contributed by atoms with van der Waals surface area (Å²) in [6, 6.07) is 0. The van der Waals surface area contributed by atoms with Gasteiger partial charge in [0.2, 0.25) is 0 Å². The number of aliphatic hydroxyl groups excluding tert-OH is 1. The van der Waals surface area contributed by atoms with Crippen LogP contribution < -0.4 is 0 Å². The largest absolute Gasteiger partial charge is 0.389 e. The van der Waals surface area contributed by atoms with Crippen LogP contribution in [-0.2, 0) is 0 Å². The fourth-order valence-electron chi connectivity index (χ4n) is 1.95. The van der Waals surface area contributed by atoms with E-state index < -0.39 is 0 Å². The van der Waals surface area contributed by atoms with Gasteiger partial charge in [0.1, 0.15) is 0 Å². The molecular weight excluding hydrogens is 148 g/mol. The van der Waals surface area contributed by atoms with Gasteiger partial charge in [0.15, 0.2) is 0 Å². The van der Waals surface area contributed by atoms with Gasteiger partial charge in [0.05, 0.1) is 6.10 Å². The first kappa shape index (κ1) is 9.79. The third kappa shape index (κ3) is 2.98. The highest BCUT2D eigenvalue weighted by molar-refractivity contribution is 5.00. The van der Waals surface area contributed by atoms with E-state index in [9.17, 15) is 5.11 Å². The quantitative estimate of drug-likeness (QED) is 0.629. The molecule has 0 spiro atoms. The summed E-state index contributed by atoms with van der Waals surface area (Å²) >= 11 is 0. The third-order valence-corrected chi connectivity index (χ3v) is 2.64. The highest BCUT2D eigenvalue weighted by Gasteiger charge is 2.19. The first-order valence-electron chi connectivity index (χ1n) is 5.03. The Morgan fingerprint density at radius 3 is 2.33 bits per heavy atom. The van der Waals surface area contributed by atoms with Crippen molar-refractivity contribution in [3.05, 3.63) is 11.6 Å². The third-order valence-electron chi connectivity index (χ3n) is 2.64. The Hall–Kier alpha value is -0.300. The van der Waals surface area contributed by atoms with Crippen LogP contribution in [0, 0.1) is 5.92 Å². The fraction of sp³-hybridized carbons (Fsp3) is 0.818. The minimum Gasteiger partial charge on any atom is -0.389 e. The topological polar surface area (TPSA) is 20.2 Å². The van der Waals surface area contributed by atoms with E-state index in [4.69, 9.17) is 0 Å². The van der Waals surface area contributed by atoms with E-state index in [0.29, 0.717) is 5.92 Å². The van der Waals surface area contributed by atoms with Gasteiger partial charge in [-0.1, -0.05) is 30.9 Å². The average molecular weight is 168 g/mol. The van der Waals surface area contributed by atoms with E-state index in [-0.39, 0.29) is 6.10 Å². The number of rotatable bonds is 2. The molecule has 0 bridgehead atoms. The number of allylic oxidation sites excluding steroid dienone is 1. The minimum absolute atomic E-state index is 0.185. The highest BCUT2D eigenvalue weighted by atomic mass is 16.3.